The normalized spacial score (nSPS) is 15.5. The Morgan fingerprint density at radius 1 is 1.71 bits per heavy atom. The molecule has 1 aromatic heterocycles. The number of carbonyl (C=O) groups is 1. The highest BCUT2D eigenvalue weighted by Crippen LogP contribution is 2.44. The van der Waals surface area contributed by atoms with E-state index in [0.717, 1.165) is 12.8 Å². The number of aromatic nitrogens is 1. The second-order valence-electron chi connectivity index (χ2n) is 3.33. The molecule has 0 aromatic carbocycles. The highest BCUT2D eigenvalue weighted by molar-refractivity contribution is 5.68. The van der Waals surface area contributed by atoms with Crippen molar-refractivity contribution in [3.63, 3.8) is 0 Å². The average molecular weight is 197 g/mol. The number of hydrogen-bond donors (Lipinski definition) is 1. The third kappa shape index (κ3) is 1.71. The van der Waals surface area contributed by atoms with Crippen LogP contribution in [0.1, 0.15) is 30.4 Å². The maximum atomic E-state index is 10.4. The Labute approximate surface area is 80.7 Å². The van der Waals surface area contributed by atoms with Crippen LogP contribution in [0.3, 0.4) is 0 Å². The molecule has 1 aromatic rings. The van der Waals surface area contributed by atoms with Crippen LogP contribution in [-0.4, -0.2) is 23.2 Å². The maximum absolute atomic E-state index is 10.4. The zero-order chi connectivity index (χ0) is 10.1. The summed E-state index contributed by atoms with van der Waals surface area (Å²) in [5.74, 6) is 0.778. The first-order valence-electron chi connectivity index (χ1n) is 4.46. The minimum atomic E-state index is -0.948. The molecule has 76 valence electrons. The number of oxazole rings is 1. The molecule has 14 heavy (non-hydrogen) atoms. The molecule has 0 aliphatic heterocycles. The number of methoxy groups -OCH3 is 1. The third-order valence-corrected chi connectivity index (χ3v) is 2.11. The summed E-state index contributed by atoms with van der Waals surface area (Å²) in [6.07, 6.45) is 1.94. The Kier molecular flexibility index (Phi) is 2.15. The van der Waals surface area contributed by atoms with Crippen molar-refractivity contribution in [1.82, 2.24) is 4.98 Å². The lowest BCUT2D eigenvalue weighted by Gasteiger charge is -1.93. The first-order valence-corrected chi connectivity index (χ1v) is 4.46. The lowest BCUT2D eigenvalue weighted by Crippen LogP contribution is -1.99. The van der Waals surface area contributed by atoms with Crippen LogP contribution in [0.2, 0.25) is 0 Å². The molecular weight excluding hydrogens is 186 g/mol. The summed E-state index contributed by atoms with van der Waals surface area (Å²) in [4.78, 5) is 14.4. The van der Waals surface area contributed by atoms with Crippen LogP contribution in [0, 0.1) is 0 Å². The highest BCUT2D eigenvalue weighted by atomic mass is 16.5. The Hall–Kier alpha value is -1.52. The molecule has 5 heteroatoms. The van der Waals surface area contributed by atoms with E-state index in [1.807, 2.05) is 0 Å². The molecule has 0 radical (unpaired) electrons. The second-order valence-corrected chi connectivity index (χ2v) is 3.33. The van der Waals surface area contributed by atoms with Gasteiger partial charge in [-0.15, -0.1) is 0 Å². The number of carboxylic acid groups (broad SMARTS) is 1. The van der Waals surface area contributed by atoms with Crippen LogP contribution in [-0.2, 0) is 11.2 Å². The summed E-state index contributed by atoms with van der Waals surface area (Å²) in [5, 5.41) is 8.55. The van der Waals surface area contributed by atoms with Gasteiger partial charge in [-0.25, -0.2) is 0 Å². The lowest BCUT2D eigenvalue weighted by molar-refractivity contribution is -0.136. The molecule has 1 fully saturated rings. The van der Waals surface area contributed by atoms with Crippen LogP contribution < -0.4 is 4.74 Å². The van der Waals surface area contributed by atoms with Crippen molar-refractivity contribution in [3.05, 3.63) is 11.7 Å². The van der Waals surface area contributed by atoms with Gasteiger partial charge in [-0.3, -0.25) is 4.79 Å². The van der Waals surface area contributed by atoms with Crippen molar-refractivity contribution >= 4 is 5.97 Å². The molecular formula is C9H11NO4. The minimum Gasteiger partial charge on any atom is -0.481 e. The number of hydrogen-bond acceptors (Lipinski definition) is 4. The van der Waals surface area contributed by atoms with Crippen molar-refractivity contribution in [1.29, 1.82) is 0 Å². The number of ether oxygens (including phenoxy) is 1. The fourth-order valence-corrected chi connectivity index (χ4v) is 1.32. The van der Waals surface area contributed by atoms with Gasteiger partial charge in [0.1, 0.15) is 6.42 Å². The van der Waals surface area contributed by atoms with Gasteiger partial charge in [0, 0.05) is 5.92 Å². The molecule has 1 heterocycles. The van der Waals surface area contributed by atoms with E-state index in [-0.39, 0.29) is 12.3 Å². The smallest absolute Gasteiger partial charge is 0.312 e. The predicted molar refractivity (Wildman–Crippen MR) is 46.4 cm³/mol. The Bertz CT molecular complexity index is 354. The summed E-state index contributed by atoms with van der Waals surface area (Å²) >= 11 is 0. The average Bonchev–Trinajstić information content (AvgIpc) is 2.88. The van der Waals surface area contributed by atoms with Crippen molar-refractivity contribution in [3.8, 4) is 5.88 Å². The molecule has 0 atom stereocenters. The third-order valence-electron chi connectivity index (χ3n) is 2.11. The topological polar surface area (TPSA) is 72.6 Å². The summed E-state index contributed by atoms with van der Waals surface area (Å²) in [6.45, 7) is 0. The van der Waals surface area contributed by atoms with Crippen molar-refractivity contribution in [2.75, 3.05) is 7.11 Å². The van der Waals surface area contributed by atoms with E-state index in [1.165, 1.54) is 7.11 Å². The van der Waals surface area contributed by atoms with Gasteiger partial charge in [-0.1, -0.05) is 0 Å². The molecule has 5 nitrogen and oxygen atoms in total. The molecule has 0 unspecified atom stereocenters. The fraction of sp³-hybridized carbons (Fsp3) is 0.556. The van der Waals surface area contributed by atoms with E-state index in [0.29, 0.717) is 17.6 Å². The molecule has 1 aliphatic rings. The highest BCUT2D eigenvalue weighted by Gasteiger charge is 2.32. The van der Waals surface area contributed by atoms with E-state index < -0.39 is 5.97 Å². The lowest BCUT2D eigenvalue weighted by atomic mass is 10.3. The van der Waals surface area contributed by atoms with Crippen LogP contribution >= 0.6 is 0 Å². The minimum absolute atomic E-state index is 0.191. The monoisotopic (exact) mass is 197 g/mol. The van der Waals surface area contributed by atoms with E-state index in [1.54, 1.807) is 0 Å². The van der Waals surface area contributed by atoms with Gasteiger partial charge in [0.2, 0.25) is 5.89 Å². The van der Waals surface area contributed by atoms with E-state index in [2.05, 4.69) is 4.98 Å². The van der Waals surface area contributed by atoms with E-state index in [4.69, 9.17) is 14.3 Å². The van der Waals surface area contributed by atoms with Gasteiger partial charge >= 0.3 is 5.97 Å². The van der Waals surface area contributed by atoms with Crippen molar-refractivity contribution in [2.24, 2.45) is 0 Å². The summed E-state index contributed by atoms with van der Waals surface area (Å²) < 4.78 is 10.3. The fourth-order valence-electron chi connectivity index (χ4n) is 1.32. The van der Waals surface area contributed by atoms with E-state index in [9.17, 15) is 4.79 Å². The Morgan fingerprint density at radius 3 is 2.93 bits per heavy atom. The molecule has 1 saturated carbocycles. The summed E-state index contributed by atoms with van der Waals surface area (Å²) in [7, 11) is 1.51. The standard InChI is InChI=1S/C9H11NO4/c1-13-9-8(5-2-3-5)14-6(10-9)4-7(11)12/h5H,2-4H2,1H3,(H,11,12). The van der Waals surface area contributed by atoms with E-state index >= 15 is 0 Å². The van der Waals surface area contributed by atoms with Gasteiger partial charge in [0.25, 0.3) is 5.88 Å². The number of carboxylic acids is 1. The van der Waals surface area contributed by atoms with Gasteiger partial charge in [0.05, 0.1) is 7.11 Å². The molecule has 0 saturated heterocycles. The Morgan fingerprint density at radius 2 is 2.43 bits per heavy atom. The van der Waals surface area contributed by atoms with Crippen LogP contribution in [0.4, 0.5) is 0 Å². The molecule has 2 rings (SSSR count). The number of aliphatic carboxylic acids is 1. The van der Waals surface area contributed by atoms with Crippen molar-refractivity contribution in [2.45, 2.75) is 25.2 Å². The van der Waals surface area contributed by atoms with Crippen LogP contribution in [0.25, 0.3) is 0 Å². The second kappa shape index (κ2) is 3.32. The van der Waals surface area contributed by atoms with Crippen LogP contribution in [0.15, 0.2) is 4.42 Å². The Balaban J connectivity index is 2.21. The van der Waals surface area contributed by atoms with Gasteiger partial charge in [-0.05, 0) is 12.8 Å². The molecule has 1 N–H and O–H groups in total. The summed E-state index contributed by atoms with van der Waals surface area (Å²) in [6, 6.07) is 0. The SMILES string of the molecule is COc1nc(CC(=O)O)oc1C1CC1. The predicted octanol–water partition coefficient (Wildman–Crippen LogP) is 1.19. The number of rotatable bonds is 4. The molecule has 0 spiro atoms. The first kappa shape index (κ1) is 9.05. The van der Waals surface area contributed by atoms with Gasteiger partial charge in [-0.2, -0.15) is 4.98 Å². The molecule has 1 aliphatic carbocycles. The van der Waals surface area contributed by atoms with Gasteiger partial charge < -0.3 is 14.3 Å². The maximum Gasteiger partial charge on any atom is 0.312 e. The molecule has 0 amide bonds. The zero-order valence-electron chi connectivity index (χ0n) is 7.82. The largest absolute Gasteiger partial charge is 0.481 e. The first-order chi connectivity index (χ1) is 6.70. The molecule has 0 bridgehead atoms. The van der Waals surface area contributed by atoms with Crippen molar-refractivity contribution < 1.29 is 19.1 Å². The number of nitrogens with zero attached hydrogens (tertiary/aromatic N) is 1. The van der Waals surface area contributed by atoms with Crippen LogP contribution in [0.5, 0.6) is 5.88 Å². The van der Waals surface area contributed by atoms with Gasteiger partial charge in [0.15, 0.2) is 5.76 Å². The zero-order valence-corrected chi connectivity index (χ0v) is 7.82. The quantitative estimate of drug-likeness (QED) is 0.784. The summed E-state index contributed by atoms with van der Waals surface area (Å²) in [5.41, 5.74) is 0.